The lowest BCUT2D eigenvalue weighted by Gasteiger charge is -1.99. The fourth-order valence-electron chi connectivity index (χ4n) is 1.11. The number of hydrogen-bond donors (Lipinski definition) is 1. The van der Waals surface area contributed by atoms with Crippen molar-refractivity contribution < 1.29 is 4.42 Å². The Kier molecular flexibility index (Phi) is 2.79. The third-order valence-corrected chi connectivity index (χ3v) is 2.88. The predicted octanol–water partition coefficient (Wildman–Crippen LogP) is 3.15. The van der Waals surface area contributed by atoms with Crippen LogP contribution in [0.15, 0.2) is 52.0 Å². The van der Waals surface area contributed by atoms with Gasteiger partial charge in [-0.05, 0) is 36.4 Å². The quantitative estimate of drug-likeness (QED) is 0.618. The van der Waals surface area contributed by atoms with Gasteiger partial charge < -0.3 is 10.2 Å². The molecular formula is C11H11NOS. The molecule has 1 aromatic heterocycles. The van der Waals surface area contributed by atoms with Gasteiger partial charge >= 0.3 is 0 Å². The molecule has 72 valence electrons. The molecule has 2 N–H and O–H groups in total. The normalized spacial score (nSPS) is 10.3. The molecule has 0 aliphatic heterocycles. The lowest BCUT2D eigenvalue weighted by Crippen LogP contribution is -1.82. The summed E-state index contributed by atoms with van der Waals surface area (Å²) in [5.74, 6) is 1.85. The van der Waals surface area contributed by atoms with Gasteiger partial charge in [0.15, 0.2) is 0 Å². The van der Waals surface area contributed by atoms with Crippen LogP contribution in [0, 0.1) is 0 Å². The maximum Gasteiger partial charge on any atom is 0.113 e. The second kappa shape index (κ2) is 4.24. The van der Waals surface area contributed by atoms with Crippen LogP contribution in [0.3, 0.4) is 0 Å². The Hall–Kier alpha value is -1.35. The third-order valence-electron chi connectivity index (χ3n) is 1.84. The summed E-state index contributed by atoms with van der Waals surface area (Å²) in [6.45, 7) is 0. The summed E-state index contributed by atoms with van der Waals surface area (Å²) in [7, 11) is 0. The molecular weight excluding hydrogens is 194 g/mol. The van der Waals surface area contributed by atoms with Crippen LogP contribution in [-0.4, -0.2) is 0 Å². The molecule has 2 aromatic rings. The smallest absolute Gasteiger partial charge is 0.113 e. The molecule has 2 nitrogen and oxygen atoms in total. The van der Waals surface area contributed by atoms with Crippen LogP contribution >= 0.6 is 11.8 Å². The predicted molar refractivity (Wildman–Crippen MR) is 59.1 cm³/mol. The lowest BCUT2D eigenvalue weighted by molar-refractivity contribution is 0.530. The number of anilines is 1. The van der Waals surface area contributed by atoms with Gasteiger partial charge in [0.2, 0.25) is 0 Å². The second-order valence-electron chi connectivity index (χ2n) is 2.94. The molecule has 0 amide bonds. The summed E-state index contributed by atoms with van der Waals surface area (Å²) in [6, 6.07) is 11.7. The molecule has 0 spiro atoms. The molecule has 0 radical (unpaired) electrons. The van der Waals surface area contributed by atoms with Gasteiger partial charge in [0.25, 0.3) is 0 Å². The number of nitrogens with two attached hydrogens (primary N) is 1. The van der Waals surface area contributed by atoms with E-state index in [1.54, 1.807) is 18.0 Å². The summed E-state index contributed by atoms with van der Waals surface area (Å²) >= 11 is 1.74. The van der Waals surface area contributed by atoms with Crippen molar-refractivity contribution in [1.29, 1.82) is 0 Å². The molecule has 0 bridgehead atoms. The van der Waals surface area contributed by atoms with Crippen molar-refractivity contribution >= 4 is 17.4 Å². The highest BCUT2D eigenvalue weighted by Crippen LogP contribution is 2.23. The van der Waals surface area contributed by atoms with Crippen molar-refractivity contribution in [2.24, 2.45) is 0 Å². The van der Waals surface area contributed by atoms with Crippen LogP contribution in [0.2, 0.25) is 0 Å². The van der Waals surface area contributed by atoms with E-state index in [4.69, 9.17) is 10.2 Å². The molecule has 3 heteroatoms. The van der Waals surface area contributed by atoms with E-state index < -0.39 is 0 Å². The Bertz CT molecular complexity index is 380. The average molecular weight is 205 g/mol. The van der Waals surface area contributed by atoms with E-state index in [2.05, 4.69) is 0 Å². The van der Waals surface area contributed by atoms with Gasteiger partial charge in [-0.2, -0.15) is 0 Å². The Morgan fingerprint density at radius 3 is 2.57 bits per heavy atom. The van der Waals surface area contributed by atoms with Crippen LogP contribution in [0.5, 0.6) is 0 Å². The standard InChI is InChI=1S/C11H11NOS/c12-9-3-5-11(6-4-9)14-8-10-2-1-7-13-10/h1-7H,8,12H2. The van der Waals surface area contributed by atoms with Crippen molar-refractivity contribution in [1.82, 2.24) is 0 Å². The molecule has 0 unspecified atom stereocenters. The van der Waals surface area contributed by atoms with E-state index in [-0.39, 0.29) is 0 Å². The Labute approximate surface area is 87.1 Å². The lowest BCUT2D eigenvalue weighted by atomic mass is 10.3. The van der Waals surface area contributed by atoms with Crippen LogP contribution in [0.1, 0.15) is 5.76 Å². The molecule has 1 heterocycles. The van der Waals surface area contributed by atoms with Crippen LogP contribution in [0.4, 0.5) is 5.69 Å². The highest BCUT2D eigenvalue weighted by molar-refractivity contribution is 7.98. The van der Waals surface area contributed by atoms with Crippen molar-refractivity contribution in [2.45, 2.75) is 10.6 Å². The van der Waals surface area contributed by atoms with Gasteiger partial charge in [0.1, 0.15) is 5.76 Å². The zero-order chi connectivity index (χ0) is 9.80. The maximum atomic E-state index is 5.59. The molecule has 1 aromatic carbocycles. The number of hydrogen-bond acceptors (Lipinski definition) is 3. The summed E-state index contributed by atoms with van der Waals surface area (Å²) in [4.78, 5) is 1.20. The van der Waals surface area contributed by atoms with Crippen molar-refractivity contribution in [3.63, 3.8) is 0 Å². The van der Waals surface area contributed by atoms with Crippen molar-refractivity contribution in [2.75, 3.05) is 5.73 Å². The molecule has 0 atom stereocenters. The molecule has 14 heavy (non-hydrogen) atoms. The number of thioether (sulfide) groups is 1. The third kappa shape index (κ3) is 2.33. The monoisotopic (exact) mass is 205 g/mol. The van der Waals surface area contributed by atoms with Gasteiger partial charge in [-0.1, -0.05) is 0 Å². The van der Waals surface area contributed by atoms with E-state index in [1.807, 2.05) is 36.4 Å². The summed E-state index contributed by atoms with van der Waals surface area (Å²) < 4.78 is 5.23. The average Bonchev–Trinajstić information content (AvgIpc) is 2.70. The first-order valence-electron chi connectivity index (χ1n) is 4.35. The topological polar surface area (TPSA) is 39.2 Å². The number of benzene rings is 1. The van der Waals surface area contributed by atoms with E-state index in [0.29, 0.717) is 0 Å². The fraction of sp³-hybridized carbons (Fsp3) is 0.0909. The van der Waals surface area contributed by atoms with Gasteiger partial charge in [-0.25, -0.2) is 0 Å². The Morgan fingerprint density at radius 2 is 1.93 bits per heavy atom. The van der Waals surface area contributed by atoms with Crippen molar-refractivity contribution in [3.8, 4) is 0 Å². The van der Waals surface area contributed by atoms with E-state index in [1.165, 1.54) is 4.90 Å². The number of furan rings is 1. The van der Waals surface area contributed by atoms with Gasteiger partial charge in [-0.3, -0.25) is 0 Å². The second-order valence-corrected chi connectivity index (χ2v) is 3.99. The maximum absolute atomic E-state index is 5.59. The highest BCUT2D eigenvalue weighted by atomic mass is 32.2. The van der Waals surface area contributed by atoms with E-state index in [9.17, 15) is 0 Å². The summed E-state index contributed by atoms with van der Waals surface area (Å²) in [6.07, 6.45) is 1.69. The van der Waals surface area contributed by atoms with Gasteiger partial charge in [-0.15, -0.1) is 11.8 Å². The van der Waals surface area contributed by atoms with Crippen LogP contribution < -0.4 is 5.73 Å². The minimum atomic E-state index is 0.798. The van der Waals surface area contributed by atoms with Gasteiger partial charge in [0.05, 0.1) is 12.0 Å². The first kappa shape index (κ1) is 9.21. The minimum Gasteiger partial charge on any atom is -0.468 e. The first-order valence-corrected chi connectivity index (χ1v) is 5.34. The van der Waals surface area contributed by atoms with E-state index >= 15 is 0 Å². The zero-order valence-electron chi connectivity index (χ0n) is 7.64. The summed E-state index contributed by atoms with van der Waals surface area (Å²) in [5.41, 5.74) is 6.39. The Morgan fingerprint density at radius 1 is 1.14 bits per heavy atom. The molecule has 0 saturated carbocycles. The fourth-order valence-corrected chi connectivity index (χ4v) is 1.91. The number of rotatable bonds is 3. The van der Waals surface area contributed by atoms with Crippen LogP contribution in [-0.2, 0) is 5.75 Å². The van der Waals surface area contributed by atoms with Crippen molar-refractivity contribution in [3.05, 3.63) is 48.4 Å². The molecule has 0 fully saturated rings. The summed E-state index contributed by atoms with van der Waals surface area (Å²) in [5, 5.41) is 0. The minimum absolute atomic E-state index is 0.798. The first-order chi connectivity index (χ1) is 6.84. The van der Waals surface area contributed by atoms with E-state index in [0.717, 1.165) is 17.2 Å². The molecule has 2 rings (SSSR count). The highest BCUT2D eigenvalue weighted by Gasteiger charge is 1.97. The number of nitrogen functional groups attached to an aromatic ring is 1. The molecule has 0 aliphatic carbocycles. The Balaban J connectivity index is 1.95. The molecule has 0 aliphatic rings. The largest absolute Gasteiger partial charge is 0.468 e. The van der Waals surface area contributed by atoms with Crippen LogP contribution in [0.25, 0.3) is 0 Å². The molecule has 0 saturated heterocycles. The van der Waals surface area contributed by atoms with Gasteiger partial charge in [0, 0.05) is 10.6 Å². The zero-order valence-corrected chi connectivity index (χ0v) is 8.46. The SMILES string of the molecule is Nc1ccc(SCc2ccco2)cc1.